The first-order valence-electron chi connectivity index (χ1n) is 16.2. The number of urea groups is 1. The molecule has 0 bridgehead atoms. The van der Waals surface area contributed by atoms with Gasteiger partial charge in [0.2, 0.25) is 0 Å². The van der Waals surface area contributed by atoms with Crippen molar-refractivity contribution in [1.29, 1.82) is 0 Å². The molecule has 3 unspecified atom stereocenters. The Morgan fingerprint density at radius 3 is 2.47 bits per heavy atom. The van der Waals surface area contributed by atoms with Gasteiger partial charge in [0.25, 0.3) is 5.91 Å². The van der Waals surface area contributed by atoms with E-state index in [0.717, 1.165) is 37.3 Å². The molecule has 1 N–H and O–H groups in total. The van der Waals surface area contributed by atoms with Crippen molar-refractivity contribution in [3.63, 3.8) is 0 Å². The minimum atomic E-state index is -4.51. The highest BCUT2D eigenvalue weighted by Crippen LogP contribution is 2.39. The van der Waals surface area contributed by atoms with E-state index < -0.39 is 29.4 Å². The maximum Gasteiger partial charge on any atom is 0.418 e. The Bertz CT molecular complexity index is 1540. The number of imide groups is 1. The number of rotatable bonds is 13. The van der Waals surface area contributed by atoms with Gasteiger partial charge in [-0.3, -0.25) is 14.7 Å². The van der Waals surface area contributed by atoms with Crippen LogP contribution in [0.4, 0.5) is 18.0 Å². The summed E-state index contributed by atoms with van der Waals surface area (Å²) in [4.78, 5) is 31.6. The number of carbonyl (C=O) groups excluding carboxylic acids is 2. The molecule has 0 saturated carbocycles. The van der Waals surface area contributed by atoms with Gasteiger partial charge >= 0.3 is 12.2 Å². The minimum absolute atomic E-state index is 0.0696. The lowest BCUT2D eigenvalue weighted by Crippen LogP contribution is -2.41. The van der Waals surface area contributed by atoms with Crippen LogP contribution in [0.2, 0.25) is 0 Å². The molecule has 3 aliphatic heterocycles. The second kappa shape index (κ2) is 14.8. The van der Waals surface area contributed by atoms with Crippen molar-refractivity contribution in [3.8, 4) is 11.5 Å². The third-order valence-corrected chi connectivity index (χ3v) is 8.97. The van der Waals surface area contributed by atoms with E-state index in [1.807, 2.05) is 30.3 Å². The van der Waals surface area contributed by atoms with Gasteiger partial charge in [-0.1, -0.05) is 61.7 Å². The van der Waals surface area contributed by atoms with Gasteiger partial charge in [-0.2, -0.15) is 13.2 Å². The summed E-state index contributed by atoms with van der Waals surface area (Å²) in [5.74, 6) is 0.675. The zero-order valence-electron chi connectivity index (χ0n) is 27.1. The Morgan fingerprint density at radius 2 is 1.74 bits per heavy atom. The molecule has 2 aromatic carbocycles. The van der Waals surface area contributed by atoms with Crippen molar-refractivity contribution in [2.45, 2.75) is 77.1 Å². The van der Waals surface area contributed by atoms with Crippen molar-refractivity contribution in [3.05, 3.63) is 82.6 Å². The molecule has 2 aromatic rings. The molecule has 3 amide bonds. The number of carbonyl (C=O) groups is 2. The average Bonchev–Trinajstić information content (AvgIpc) is 3.27. The Hall–Kier alpha value is -4.12. The van der Waals surface area contributed by atoms with Crippen LogP contribution < -0.4 is 14.8 Å². The predicted octanol–water partition coefficient (Wildman–Crippen LogP) is 7.29. The van der Waals surface area contributed by atoms with Crippen LogP contribution in [-0.4, -0.2) is 61.7 Å². The Balaban J connectivity index is 1.10. The van der Waals surface area contributed by atoms with Gasteiger partial charge in [0.1, 0.15) is 18.8 Å². The fourth-order valence-corrected chi connectivity index (χ4v) is 6.38. The van der Waals surface area contributed by atoms with Crippen molar-refractivity contribution < 1.29 is 37.0 Å². The van der Waals surface area contributed by atoms with E-state index in [-0.39, 0.29) is 17.5 Å². The molecule has 0 radical (unpaired) electrons. The topological polar surface area (TPSA) is 89.5 Å². The van der Waals surface area contributed by atoms with Crippen molar-refractivity contribution in [2.75, 3.05) is 26.4 Å². The number of benzene rings is 2. The second-order valence-electron chi connectivity index (χ2n) is 12.3. The van der Waals surface area contributed by atoms with Gasteiger partial charge in [-0.25, -0.2) is 4.79 Å². The normalized spacial score (nSPS) is 23.0. The largest absolute Gasteiger partial charge is 0.486 e. The van der Waals surface area contributed by atoms with Crippen molar-refractivity contribution in [2.24, 2.45) is 10.9 Å². The van der Waals surface area contributed by atoms with Gasteiger partial charge < -0.3 is 19.5 Å². The molecule has 8 nitrogen and oxygen atoms in total. The first kappa shape index (κ1) is 34.2. The first-order chi connectivity index (χ1) is 22.5. The van der Waals surface area contributed by atoms with E-state index in [1.165, 1.54) is 11.8 Å². The number of aliphatic imine (C=N–C) groups is 1. The zero-order valence-corrected chi connectivity index (χ0v) is 27.1. The number of nitrogens with one attached hydrogen (secondary N) is 1. The van der Waals surface area contributed by atoms with E-state index in [4.69, 9.17) is 14.2 Å². The van der Waals surface area contributed by atoms with E-state index >= 15 is 0 Å². The minimum Gasteiger partial charge on any atom is -0.486 e. The summed E-state index contributed by atoms with van der Waals surface area (Å²) < 4.78 is 58.7. The van der Waals surface area contributed by atoms with Gasteiger partial charge in [-0.15, -0.1) is 0 Å². The summed E-state index contributed by atoms with van der Waals surface area (Å²) in [5, 5.41) is 2.84. The quantitative estimate of drug-likeness (QED) is 0.181. The predicted molar refractivity (Wildman–Crippen MR) is 172 cm³/mol. The molecule has 3 heterocycles. The van der Waals surface area contributed by atoms with Crippen LogP contribution in [0.1, 0.15) is 64.0 Å². The van der Waals surface area contributed by atoms with Gasteiger partial charge in [-0.05, 0) is 68.9 Å². The van der Waals surface area contributed by atoms with E-state index in [0.29, 0.717) is 61.8 Å². The highest BCUT2D eigenvalue weighted by atomic mass is 19.4. The second-order valence-corrected chi connectivity index (χ2v) is 12.3. The molecule has 3 atom stereocenters. The maximum atomic E-state index is 13.7. The third-order valence-electron chi connectivity index (χ3n) is 8.97. The Kier molecular flexibility index (Phi) is 10.7. The molecule has 1 fully saturated rings. The highest BCUT2D eigenvalue weighted by Gasteiger charge is 2.49. The summed E-state index contributed by atoms with van der Waals surface area (Å²) in [6.07, 6.45) is 2.14. The maximum absolute atomic E-state index is 13.7. The number of unbranched alkanes of at least 4 members (excludes halogenated alkanes) is 4. The molecular formula is C36H42F3N3O5. The molecule has 3 aliphatic rings. The lowest BCUT2D eigenvalue weighted by Gasteiger charge is -2.31. The van der Waals surface area contributed by atoms with E-state index in [2.05, 4.69) is 10.3 Å². The lowest BCUT2D eigenvalue weighted by atomic mass is 9.86. The van der Waals surface area contributed by atoms with Crippen molar-refractivity contribution >= 4 is 18.2 Å². The van der Waals surface area contributed by atoms with Gasteiger partial charge in [0.15, 0.2) is 11.5 Å². The molecule has 11 heteroatoms. The van der Waals surface area contributed by atoms with Crippen LogP contribution in [0, 0.1) is 5.92 Å². The SMILES string of the molecule is C/C=C(\C1=C(C)C(OCCCCCCCN2C(=O)NC(C)(c3ccc4c(c3)OCCO4)C2=O)C(Cc2ccccc2)C=N1)C(F)(F)F. The molecule has 0 aliphatic carbocycles. The van der Waals surface area contributed by atoms with Gasteiger partial charge in [0.05, 0.1) is 17.4 Å². The van der Waals surface area contributed by atoms with Crippen LogP contribution >= 0.6 is 0 Å². The number of hydrogen-bond acceptors (Lipinski definition) is 6. The third kappa shape index (κ3) is 7.72. The molecule has 0 aromatic heterocycles. The molecular weight excluding hydrogens is 611 g/mol. The van der Waals surface area contributed by atoms with Gasteiger partial charge in [0, 0.05) is 25.3 Å². The van der Waals surface area contributed by atoms with Crippen molar-refractivity contribution in [1.82, 2.24) is 10.2 Å². The Labute approximate surface area is 273 Å². The number of hydrogen-bond donors (Lipinski definition) is 1. The summed E-state index contributed by atoms with van der Waals surface area (Å²) in [5.41, 5.74) is 0.167. The zero-order chi connectivity index (χ0) is 33.6. The molecule has 47 heavy (non-hydrogen) atoms. The number of ether oxygens (including phenoxy) is 3. The number of nitrogens with zero attached hydrogens (tertiary/aromatic N) is 2. The van der Waals surface area contributed by atoms with Crippen LogP contribution in [0.3, 0.4) is 0 Å². The van der Waals surface area contributed by atoms with Crippen LogP contribution in [0.15, 0.2) is 76.4 Å². The number of amides is 3. The molecule has 1 saturated heterocycles. The van der Waals surface area contributed by atoms with Crippen LogP contribution in [0.25, 0.3) is 0 Å². The van der Waals surface area contributed by atoms with Crippen LogP contribution in [-0.2, 0) is 21.5 Å². The monoisotopic (exact) mass is 653 g/mol. The first-order valence-corrected chi connectivity index (χ1v) is 16.2. The summed E-state index contributed by atoms with van der Waals surface area (Å²) in [6.45, 7) is 6.34. The number of fused-ring (bicyclic) bond motifs is 1. The number of alkyl halides is 3. The van der Waals surface area contributed by atoms with E-state index in [9.17, 15) is 22.8 Å². The fourth-order valence-electron chi connectivity index (χ4n) is 6.38. The standard InChI is InChI=1S/C36H42F3N3O5/c1-4-28(36(37,38)39)31-24(2)32(26(23-40-31)21-25-13-9-8-10-14-25)47-18-12-7-5-6-11-17-42-33(43)35(3,41-34(42)44)27-15-16-29-30(22-27)46-20-19-45-29/h4,8-10,13-16,22-23,26,32H,5-7,11-12,17-21H2,1-3H3,(H,41,44)/b28-4+. The average molecular weight is 654 g/mol. The molecule has 0 spiro atoms. The smallest absolute Gasteiger partial charge is 0.418 e. The summed E-state index contributed by atoms with van der Waals surface area (Å²) >= 11 is 0. The molecule has 5 rings (SSSR count). The molecule has 252 valence electrons. The lowest BCUT2D eigenvalue weighted by molar-refractivity contribution is -0.131. The van der Waals surface area contributed by atoms with Crippen LogP contribution in [0.5, 0.6) is 11.5 Å². The number of halogens is 3. The fraction of sp³-hybridized carbons (Fsp3) is 0.472. The number of allylic oxidation sites excluding steroid dienone is 2. The summed E-state index contributed by atoms with van der Waals surface area (Å²) in [6, 6.07) is 14.6. The highest BCUT2D eigenvalue weighted by molar-refractivity contribution is 6.07. The Morgan fingerprint density at radius 1 is 1.04 bits per heavy atom. The van der Waals surface area contributed by atoms with E-state index in [1.54, 1.807) is 38.3 Å². The summed E-state index contributed by atoms with van der Waals surface area (Å²) in [7, 11) is 0.